The maximum Gasteiger partial charge on any atom is 0.159 e. The summed E-state index contributed by atoms with van der Waals surface area (Å²) in [6, 6.07) is 59.3. The van der Waals surface area contributed by atoms with Gasteiger partial charge in [0.05, 0.1) is 11.0 Å². The van der Waals surface area contributed by atoms with Crippen LogP contribution in [0.2, 0.25) is 0 Å². The second kappa shape index (κ2) is 11.5. The monoisotopic (exact) mass is 642 g/mol. The van der Waals surface area contributed by atoms with Crippen LogP contribution in [0.5, 0.6) is 0 Å². The number of para-hydroxylation sites is 1. The molecule has 2 aromatic heterocycles. The van der Waals surface area contributed by atoms with Crippen LogP contribution < -0.4 is 5.32 Å². The summed E-state index contributed by atoms with van der Waals surface area (Å²) >= 11 is 0. The fourth-order valence-corrected chi connectivity index (χ4v) is 7.23. The van der Waals surface area contributed by atoms with Gasteiger partial charge >= 0.3 is 0 Å². The van der Waals surface area contributed by atoms with Crippen LogP contribution in [0, 0.1) is 0 Å². The van der Waals surface area contributed by atoms with Crippen molar-refractivity contribution in [1.82, 2.24) is 9.88 Å². The molecule has 7 aromatic carbocycles. The highest BCUT2D eigenvalue weighted by Gasteiger charge is 2.22. The summed E-state index contributed by atoms with van der Waals surface area (Å²) in [5.41, 5.74) is 10.5. The van der Waals surface area contributed by atoms with E-state index in [1.54, 1.807) is 0 Å². The number of nitrogens with one attached hydrogen (secondary N) is 1. The van der Waals surface area contributed by atoms with Crippen molar-refractivity contribution in [2.45, 2.75) is 6.17 Å². The second-order valence-corrected chi connectivity index (χ2v) is 12.7. The first-order valence-corrected chi connectivity index (χ1v) is 16.9. The molecule has 1 aliphatic rings. The molecule has 10 rings (SSSR count). The number of fused-ring (bicyclic) bond motifs is 6. The van der Waals surface area contributed by atoms with Gasteiger partial charge in [-0.2, -0.15) is 0 Å². The van der Waals surface area contributed by atoms with Gasteiger partial charge < -0.3 is 14.3 Å². The van der Waals surface area contributed by atoms with E-state index in [-0.39, 0.29) is 6.17 Å². The minimum atomic E-state index is -0.331. The molecule has 1 aliphatic heterocycles. The Bertz CT molecular complexity index is 2780. The van der Waals surface area contributed by atoms with Gasteiger partial charge in [-0.05, 0) is 47.5 Å². The lowest BCUT2D eigenvalue weighted by Crippen LogP contribution is -2.33. The highest BCUT2D eigenvalue weighted by Crippen LogP contribution is 2.38. The number of aliphatic imine (C=N–C) groups is 2. The van der Waals surface area contributed by atoms with Gasteiger partial charge in [0.15, 0.2) is 5.84 Å². The van der Waals surface area contributed by atoms with Crippen LogP contribution in [0.1, 0.15) is 22.9 Å². The molecule has 1 N–H and O–H groups in total. The highest BCUT2D eigenvalue weighted by atomic mass is 16.3. The molecule has 1 atom stereocenters. The molecule has 0 spiro atoms. The molecule has 0 saturated heterocycles. The number of furan rings is 1. The van der Waals surface area contributed by atoms with Crippen LogP contribution in [0.3, 0.4) is 0 Å². The van der Waals surface area contributed by atoms with Crippen molar-refractivity contribution in [2.24, 2.45) is 9.98 Å². The molecule has 50 heavy (non-hydrogen) atoms. The summed E-state index contributed by atoms with van der Waals surface area (Å²) < 4.78 is 8.89. The van der Waals surface area contributed by atoms with Gasteiger partial charge in [-0.25, -0.2) is 9.98 Å². The van der Waals surface area contributed by atoms with Crippen LogP contribution >= 0.6 is 0 Å². The predicted molar refractivity (Wildman–Crippen MR) is 205 cm³/mol. The zero-order valence-corrected chi connectivity index (χ0v) is 27.0. The van der Waals surface area contributed by atoms with Crippen LogP contribution in [0.15, 0.2) is 184 Å². The van der Waals surface area contributed by atoms with Gasteiger partial charge in [-0.15, -0.1) is 0 Å². The van der Waals surface area contributed by atoms with Crippen molar-refractivity contribution in [3.05, 3.63) is 187 Å². The topological polar surface area (TPSA) is 54.8 Å². The van der Waals surface area contributed by atoms with E-state index in [0.717, 1.165) is 50.2 Å². The number of amidine groups is 2. The molecule has 5 nitrogen and oxygen atoms in total. The first kappa shape index (κ1) is 28.3. The normalized spacial score (nSPS) is 14.6. The number of hydrogen-bond donors (Lipinski definition) is 1. The van der Waals surface area contributed by atoms with Crippen molar-refractivity contribution >= 4 is 55.4 Å². The summed E-state index contributed by atoms with van der Waals surface area (Å²) in [4.78, 5) is 9.99. The molecule has 0 radical (unpaired) electrons. The lowest BCUT2D eigenvalue weighted by Gasteiger charge is -2.23. The Hall–Kier alpha value is -6.72. The third-order valence-electron chi connectivity index (χ3n) is 9.66. The number of nitrogens with zero attached hydrogens (tertiary/aromatic N) is 3. The predicted octanol–water partition coefficient (Wildman–Crippen LogP) is 10.8. The van der Waals surface area contributed by atoms with E-state index in [4.69, 9.17) is 14.4 Å². The van der Waals surface area contributed by atoms with E-state index in [1.807, 2.05) is 48.5 Å². The molecule has 0 bridgehead atoms. The van der Waals surface area contributed by atoms with Crippen LogP contribution in [-0.4, -0.2) is 16.2 Å². The Balaban J connectivity index is 1.09. The average molecular weight is 643 g/mol. The van der Waals surface area contributed by atoms with Crippen LogP contribution in [-0.2, 0) is 0 Å². The summed E-state index contributed by atoms with van der Waals surface area (Å²) in [6.07, 6.45) is -0.331. The van der Waals surface area contributed by atoms with E-state index in [0.29, 0.717) is 5.84 Å². The SMILES string of the molecule is c1ccc(C2=NC(c3ccc4c(c3)oc3ccc(-n5c6ccccc6c6ccc(-c7ccccc7)cc65)cc34)NC(c3ccccc3)=N2)cc1. The molecular weight excluding hydrogens is 613 g/mol. The van der Waals surface area contributed by atoms with E-state index in [9.17, 15) is 0 Å². The van der Waals surface area contributed by atoms with Gasteiger partial charge in [0.25, 0.3) is 0 Å². The first-order chi connectivity index (χ1) is 24.8. The van der Waals surface area contributed by atoms with Gasteiger partial charge in [-0.1, -0.05) is 133 Å². The van der Waals surface area contributed by atoms with Crippen molar-refractivity contribution in [3.63, 3.8) is 0 Å². The standard InChI is InChI=1S/C45H30N4O/c1-4-12-29(13-5-1)32-20-23-36-35-18-10-11-19-39(35)49(40(36)26-32)34-22-25-41-38(28-34)37-24-21-33(27-42(37)50-41)45-47-43(30-14-6-2-7-15-30)46-44(48-45)31-16-8-3-9-17-31/h1-28,45H,(H,46,47,48). The Morgan fingerprint density at radius 3 is 1.96 bits per heavy atom. The molecule has 3 heterocycles. The fourth-order valence-electron chi connectivity index (χ4n) is 7.23. The third-order valence-corrected chi connectivity index (χ3v) is 9.66. The zero-order valence-electron chi connectivity index (χ0n) is 27.0. The maximum absolute atomic E-state index is 6.52. The lowest BCUT2D eigenvalue weighted by molar-refractivity contribution is 0.655. The molecule has 5 heteroatoms. The van der Waals surface area contributed by atoms with Crippen LogP contribution in [0.25, 0.3) is 60.6 Å². The summed E-state index contributed by atoms with van der Waals surface area (Å²) in [7, 11) is 0. The molecule has 9 aromatic rings. The summed E-state index contributed by atoms with van der Waals surface area (Å²) in [5.74, 6) is 1.49. The van der Waals surface area contributed by atoms with Gasteiger partial charge in [0.2, 0.25) is 0 Å². The van der Waals surface area contributed by atoms with Crippen LogP contribution in [0.4, 0.5) is 0 Å². The molecule has 236 valence electrons. The van der Waals surface area contributed by atoms with Crippen molar-refractivity contribution in [2.75, 3.05) is 0 Å². The molecule has 0 fully saturated rings. The van der Waals surface area contributed by atoms with E-state index in [1.165, 1.54) is 32.9 Å². The Labute approximate surface area is 288 Å². The largest absolute Gasteiger partial charge is 0.456 e. The second-order valence-electron chi connectivity index (χ2n) is 12.7. The molecule has 0 amide bonds. The van der Waals surface area contributed by atoms with E-state index in [2.05, 4.69) is 131 Å². The zero-order chi connectivity index (χ0) is 33.0. The summed E-state index contributed by atoms with van der Waals surface area (Å²) in [6.45, 7) is 0. The van der Waals surface area contributed by atoms with Crippen molar-refractivity contribution in [3.8, 4) is 16.8 Å². The van der Waals surface area contributed by atoms with Crippen molar-refractivity contribution < 1.29 is 4.42 Å². The average Bonchev–Trinajstić information content (AvgIpc) is 3.73. The first-order valence-electron chi connectivity index (χ1n) is 16.9. The maximum atomic E-state index is 6.52. The minimum absolute atomic E-state index is 0.331. The van der Waals surface area contributed by atoms with E-state index < -0.39 is 0 Å². The quantitative estimate of drug-likeness (QED) is 0.203. The van der Waals surface area contributed by atoms with Gasteiger partial charge in [0, 0.05) is 43.9 Å². The Morgan fingerprint density at radius 1 is 0.480 bits per heavy atom. The van der Waals surface area contributed by atoms with Gasteiger partial charge in [-0.3, -0.25) is 0 Å². The van der Waals surface area contributed by atoms with Gasteiger partial charge in [0.1, 0.15) is 23.2 Å². The molecule has 1 unspecified atom stereocenters. The number of rotatable bonds is 5. The smallest absolute Gasteiger partial charge is 0.159 e. The molecule has 0 aliphatic carbocycles. The molecular formula is C45H30N4O. The van der Waals surface area contributed by atoms with E-state index >= 15 is 0 Å². The third kappa shape index (κ3) is 4.71. The molecule has 0 saturated carbocycles. The van der Waals surface area contributed by atoms with Crippen molar-refractivity contribution in [1.29, 1.82) is 0 Å². The Morgan fingerprint density at radius 2 is 1.16 bits per heavy atom. The lowest BCUT2D eigenvalue weighted by atomic mass is 10.0. The summed E-state index contributed by atoms with van der Waals surface area (Å²) in [5, 5.41) is 8.19. The number of aromatic nitrogens is 1. The minimum Gasteiger partial charge on any atom is -0.456 e. The fraction of sp³-hybridized carbons (Fsp3) is 0.0222. The highest BCUT2D eigenvalue weighted by molar-refractivity contribution is 6.14. The number of hydrogen-bond acceptors (Lipinski definition) is 4. The Kier molecular flexibility index (Phi) is 6.49. The number of benzene rings is 7.